The molecule has 4 heteroatoms. The van der Waals surface area contributed by atoms with Crippen molar-refractivity contribution >= 4 is 5.78 Å². The summed E-state index contributed by atoms with van der Waals surface area (Å²) in [5.41, 5.74) is 1.39. The molecule has 0 bridgehead atoms. The Morgan fingerprint density at radius 2 is 2.22 bits per heavy atom. The predicted molar refractivity (Wildman–Crippen MR) is 67.1 cm³/mol. The summed E-state index contributed by atoms with van der Waals surface area (Å²) in [6.07, 6.45) is 4.08. The van der Waals surface area contributed by atoms with Crippen LogP contribution in [0, 0.1) is 12.7 Å². The fourth-order valence-electron chi connectivity index (χ4n) is 1.80. The number of benzene rings is 1. The molecule has 0 atom stereocenters. The van der Waals surface area contributed by atoms with Crippen molar-refractivity contribution < 1.29 is 9.18 Å². The van der Waals surface area contributed by atoms with Crippen LogP contribution in [-0.2, 0) is 6.54 Å². The Balaban J connectivity index is 2.32. The molecule has 0 radical (unpaired) electrons. The molecule has 2 aromatic rings. The Morgan fingerprint density at radius 3 is 2.94 bits per heavy atom. The molecule has 0 saturated heterocycles. The van der Waals surface area contributed by atoms with Crippen LogP contribution in [0.4, 0.5) is 4.39 Å². The molecule has 0 aliphatic rings. The monoisotopic (exact) mass is 246 g/mol. The summed E-state index contributed by atoms with van der Waals surface area (Å²) in [4.78, 5) is 12.1. The van der Waals surface area contributed by atoms with Crippen molar-refractivity contribution in [2.24, 2.45) is 0 Å². The van der Waals surface area contributed by atoms with Gasteiger partial charge in [-0.15, -0.1) is 0 Å². The summed E-state index contributed by atoms with van der Waals surface area (Å²) >= 11 is 0. The van der Waals surface area contributed by atoms with Crippen LogP contribution in [0.3, 0.4) is 0 Å². The number of nitrogens with zero attached hydrogens (tertiary/aromatic N) is 2. The van der Waals surface area contributed by atoms with Gasteiger partial charge < -0.3 is 0 Å². The average Bonchev–Trinajstić information content (AvgIpc) is 2.80. The van der Waals surface area contributed by atoms with Gasteiger partial charge >= 0.3 is 0 Å². The number of hydrogen-bond acceptors (Lipinski definition) is 2. The third-order valence-electron chi connectivity index (χ3n) is 2.71. The van der Waals surface area contributed by atoms with Crippen molar-refractivity contribution in [2.75, 3.05) is 0 Å². The third kappa shape index (κ3) is 2.47. The molecular formula is C14H15FN2O. The molecule has 0 fully saturated rings. The molecule has 0 aliphatic carbocycles. The van der Waals surface area contributed by atoms with Gasteiger partial charge in [0.15, 0.2) is 5.78 Å². The summed E-state index contributed by atoms with van der Waals surface area (Å²) in [6, 6.07) is 4.53. The Labute approximate surface area is 105 Å². The van der Waals surface area contributed by atoms with Gasteiger partial charge in [0.05, 0.1) is 17.3 Å². The first-order chi connectivity index (χ1) is 8.61. The smallest absolute Gasteiger partial charge is 0.199 e. The molecule has 3 nitrogen and oxygen atoms in total. The van der Waals surface area contributed by atoms with E-state index in [2.05, 4.69) is 5.10 Å². The second-order valence-corrected chi connectivity index (χ2v) is 4.30. The second-order valence-electron chi connectivity index (χ2n) is 4.30. The highest BCUT2D eigenvalue weighted by Crippen LogP contribution is 2.15. The Morgan fingerprint density at radius 1 is 1.44 bits per heavy atom. The predicted octanol–water partition coefficient (Wildman–Crippen LogP) is 2.97. The quantitative estimate of drug-likeness (QED) is 0.777. The van der Waals surface area contributed by atoms with E-state index in [0.717, 1.165) is 18.5 Å². The van der Waals surface area contributed by atoms with Crippen molar-refractivity contribution in [3.63, 3.8) is 0 Å². The van der Waals surface area contributed by atoms with Crippen molar-refractivity contribution in [2.45, 2.75) is 26.8 Å². The van der Waals surface area contributed by atoms with Gasteiger partial charge in [0.1, 0.15) is 5.82 Å². The largest absolute Gasteiger partial charge is 0.288 e. The van der Waals surface area contributed by atoms with Crippen LogP contribution in [0.15, 0.2) is 30.6 Å². The topological polar surface area (TPSA) is 34.9 Å². The molecular weight excluding hydrogens is 231 g/mol. The van der Waals surface area contributed by atoms with Crippen LogP contribution in [0.1, 0.15) is 34.8 Å². The van der Waals surface area contributed by atoms with Crippen molar-refractivity contribution in [3.05, 3.63) is 53.1 Å². The van der Waals surface area contributed by atoms with E-state index < -0.39 is 5.82 Å². The zero-order chi connectivity index (χ0) is 13.1. The van der Waals surface area contributed by atoms with Crippen LogP contribution in [0.2, 0.25) is 0 Å². The van der Waals surface area contributed by atoms with Gasteiger partial charge in [-0.05, 0) is 25.5 Å². The Bertz CT molecular complexity index is 575. The second kappa shape index (κ2) is 5.12. The molecule has 94 valence electrons. The lowest BCUT2D eigenvalue weighted by Crippen LogP contribution is -2.04. The minimum absolute atomic E-state index is 0.103. The van der Waals surface area contributed by atoms with E-state index in [9.17, 15) is 9.18 Å². The van der Waals surface area contributed by atoms with E-state index in [1.807, 2.05) is 13.8 Å². The minimum Gasteiger partial charge on any atom is -0.288 e. The third-order valence-corrected chi connectivity index (χ3v) is 2.71. The number of aromatic nitrogens is 2. The summed E-state index contributed by atoms with van der Waals surface area (Å²) in [7, 11) is 0. The van der Waals surface area contributed by atoms with Gasteiger partial charge in [-0.1, -0.05) is 18.6 Å². The van der Waals surface area contributed by atoms with Crippen molar-refractivity contribution in [1.29, 1.82) is 0 Å². The molecule has 0 spiro atoms. The van der Waals surface area contributed by atoms with Crippen molar-refractivity contribution in [3.8, 4) is 0 Å². The van der Waals surface area contributed by atoms with Crippen LogP contribution in [0.25, 0.3) is 0 Å². The average molecular weight is 246 g/mol. The van der Waals surface area contributed by atoms with Crippen LogP contribution >= 0.6 is 0 Å². The molecule has 18 heavy (non-hydrogen) atoms. The molecule has 0 aliphatic heterocycles. The molecule has 0 amide bonds. The first kappa shape index (κ1) is 12.5. The van der Waals surface area contributed by atoms with Crippen LogP contribution in [0.5, 0.6) is 0 Å². The summed E-state index contributed by atoms with van der Waals surface area (Å²) in [5.74, 6) is -0.813. The number of rotatable bonds is 4. The molecule has 1 aromatic heterocycles. The number of aryl methyl sites for hydroxylation is 2. The number of hydrogen-bond donors (Lipinski definition) is 0. The zero-order valence-corrected chi connectivity index (χ0v) is 10.5. The van der Waals surface area contributed by atoms with Gasteiger partial charge in [-0.2, -0.15) is 5.10 Å². The van der Waals surface area contributed by atoms with Gasteiger partial charge in [0, 0.05) is 12.7 Å². The summed E-state index contributed by atoms with van der Waals surface area (Å²) in [5, 5.41) is 4.08. The van der Waals surface area contributed by atoms with E-state index >= 15 is 0 Å². The fourth-order valence-corrected chi connectivity index (χ4v) is 1.80. The van der Waals surface area contributed by atoms with Crippen LogP contribution in [-0.4, -0.2) is 15.6 Å². The number of carbonyl (C=O) groups excluding carboxylic acids is 1. The lowest BCUT2D eigenvalue weighted by atomic mass is 10.0. The SMILES string of the molecule is CCCn1cc(C(=O)c2cc(C)ccc2F)cn1. The Kier molecular flexibility index (Phi) is 3.55. The fraction of sp³-hybridized carbons (Fsp3) is 0.286. The summed E-state index contributed by atoms with van der Waals surface area (Å²) in [6.45, 7) is 4.61. The molecule has 2 rings (SSSR count). The lowest BCUT2D eigenvalue weighted by molar-refractivity contribution is 0.103. The highest BCUT2D eigenvalue weighted by atomic mass is 19.1. The van der Waals surface area contributed by atoms with Crippen LogP contribution < -0.4 is 0 Å². The maximum atomic E-state index is 13.6. The highest BCUT2D eigenvalue weighted by molar-refractivity contribution is 6.08. The normalized spacial score (nSPS) is 10.6. The molecule has 1 heterocycles. The lowest BCUT2D eigenvalue weighted by Gasteiger charge is -2.01. The minimum atomic E-state index is -0.492. The van der Waals surface area contributed by atoms with E-state index in [1.165, 1.54) is 12.3 Å². The molecule has 0 N–H and O–H groups in total. The maximum absolute atomic E-state index is 13.6. The van der Waals surface area contributed by atoms with Gasteiger partial charge in [0.25, 0.3) is 0 Å². The standard InChI is InChI=1S/C14H15FN2O/c1-3-6-17-9-11(8-16-17)14(18)12-7-10(2)4-5-13(12)15/h4-5,7-9H,3,6H2,1-2H3. The van der Waals surface area contributed by atoms with E-state index in [1.54, 1.807) is 23.0 Å². The van der Waals surface area contributed by atoms with Gasteiger partial charge in [-0.25, -0.2) is 4.39 Å². The number of halogens is 1. The highest BCUT2D eigenvalue weighted by Gasteiger charge is 2.15. The van der Waals surface area contributed by atoms with Gasteiger partial charge in [-0.3, -0.25) is 9.48 Å². The van der Waals surface area contributed by atoms with Crippen molar-refractivity contribution in [1.82, 2.24) is 9.78 Å². The molecule has 0 unspecified atom stereocenters. The molecule has 1 aromatic carbocycles. The Hall–Kier alpha value is -1.97. The van der Waals surface area contributed by atoms with Gasteiger partial charge in [0.2, 0.25) is 0 Å². The number of carbonyl (C=O) groups is 1. The molecule has 0 saturated carbocycles. The maximum Gasteiger partial charge on any atom is 0.199 e. The zero-order valence-electron chi connectivity index (χ0n) is 10.5. The first-order valence-electron chi connectivity index (χ1n) is 5.95. The first-order valence-corrected chi connectivity index (χ1v) is 5.95. The van der Waals surface area contributed by atoms with E-state index in [0.29, 0.717) is 5.56 Å². The number of ketones is 1. The summed E-state index contributed by atoms with van der Waals surface area (Å²) < 4.78 is 15.3. The van der Waals surface area contributed by atoms with E-state index in [4.69, 9.17) is 0 Å². The van der Waals surface area contributed by atoms with E-state index in [-0.39, 0.29) is 11.3 Å².